The average Bonchev–Trinajstić information content (AvgIpc) is 3.04. The van der Waals surface area contributed by atoms with E-state index in [0.717, 1.165) is 17.0 Å². The van der Waals surface area contributed by atoms with Gasteiger partial charge in [0.25, 0.3) is 0 Å². The fraction of sp³-hybridized carbons (Fsp3) is 0.368. The molecule has 0 fully saturated rings. The molecule has 9 nitrogen and oxygen atoms in total. The van der Waals surface area contributed by atoms with E-state index < -0.39 is 6.09 Å². The zero-order valence-corrected chi connectivity index (χ0v) is 17.1. The summed E-state index contributed by atoms with van der Waals surface area (Å²) in [5.41, 5.74) is 2.30. The van der Waals surface area contributed by atoms with E-state index in [1.807, 2.05) is 4.90 Å². The highest BCUT2D eigenvalue weighted by molar-refractivity contribution is 7.15. The van der Waals surface area contributed by atoms with Gasteiger partial charge in [0, 0.05) is 42.7 Å². The van der Waals surface area contributed by atoms with Crippen LogP contribution in [0.4, 0.5) is 21.3 Å². The van der Waals surface area contributed by atoms with Crippen LogP contribution in [0.1, 0.15) is 24.4 Å². The molecule has 0 saturated carbocycles. The molecule has 0 bridgehead atoms. The number of nitrogens with zero attached hydrogens (tertiary/aromatic N) is 2. The van der Waals surface area contributed by atoms with Crippen molar-refractivity contribution in [3.63, 3.8) is 0 Å². The minimum Gasteiger partial charge on any atom is -0.450 e. The summed E-state index contributed by atoms with van der Waals surface area (Å²) in [6.45, 7) is 5.06. The van der Waals surface area contributed by atoms with Gasteiger partial charge in [-0.25, -0.2) is 9.78 Å². The van der Waals surface area contributed by atoms with Gasteiger partial charge >= 0.3 is 6.09 Å². The lowest BCUT2D eigenvalue weighted by atomic mass is 10.2. The molecule has 0 saturated heterocycles. The van der Waals surface area contributed by atoms with Crippen molar-refractivity contribution in [1.29, 1.82) is 0 Å². The fourth-order valence-electron chi connectivity index (χ4n) is 2.94. The van der Waals surface area contributed by atoms with E-state index in [4.69, 9.17) is 4.74 Å². The van der Waals surface area contributed by atoms with Crippen molar-refractivity contribution in [2.24, 2.45) is 0 Å². The van der Waals surface area contributed by atoms with E-state index in [1.165, 1.54) is 18.3 Å². The number of carbonyl (C=O) groups is 3. The second-order valence-electron chi connectivity index (χ2n) is 6.50. The van der Waals surface area contributed by atoms with Crippen molar-refractivity contribution in [2.45, 2.75) is 26.8 Å². The van der Waals surface area contributed by atoms with E-state index in [1.54, 1.807) is 31.2 Å². The maximum atomic E-state index is 12.4. The summed E-state index contributed by atoms with van der Waals surface area (Å²) in [5, 5.41) is 8.68. The van der Waals surface area contributed by atoms with Crippen LogP contribution in [0.15, 0.2) is 24.3 Å². The Morgan fingerprint density at radius 2 is 1.83 bits per heavy atom. The normalized spacial score (nSPS) is 13.3. The number of aromatic nitrogens is 1. The number of nitrogens with one attached hydrogen (secondary N) is 3. The molecule has 1 aliphatic heterocycles. The van der Waals surface area contributed by atoms with Gasteiger partial charge in [-0.3, -0.25) is 19.8 Å². The van der Waals surface area contributed by atoms with E-state index in [9.17, 15) is 14.4 Å². The van der Waals surface area contributed by atoms with Gasteiger partial charge in [0.1, 0.15) is 0 Å². The summed E-state index contributed by atoms with van der Waals surface area (Å²) in [7, 11) is 0. The minimum absolute atomic E-state index is 0.116. The molecule has 154 valence electrons. The number of hydrogen-bond donors (Lipinski definition) is 3. The van der Waals surface area contributed by atoms with Gasteiger partial charge in [0.05, 0.1) is 18.8 Å². The lowest BCUT2D eigenvalue weighted by Gasteiger charge is -2.25. The molecule has 1 aromatic heterocycles. The quantitative estimate of drug-likeness (QED) is 0.666. The van der Waals surface area contributed by atoms with Gasteiger partial charge in [-0.15, -0.1) is 0 Å². The Kier molecular flexibility index (Phi) is 6.78. The summed E-state index contributed by atoms with van der Waals surface area (Å²) in [5.74, 6) is -0.259. The van der Waals surface area contributed by atoms with E-state index in [2.05, 4.69) is 20.9 Å². The lowest BCUT2D eigenvalue weighted by Crippen LogP contribution is -2.36. The molecule has 1 aromatic carbocycles. The predicted octanol–water partition coefficient (Wildman–Crippen LogP) is 2.67. The lowest BCUT2D eigenvalue weighted by molar-refractivity contribution is -0.117. The van der Waals surface area contributed by atoms with Gasteiger partial charge in [-0.2, -0.15) is 0 Å². The summed E-state index contributed by atoms with van der Waals surface area (Å²) < 4.78 is 4.87. The second-order valence-corrected chi connectivity index (χ2v) is 7.59. The third-order valence-corrected chi connectivity index (χ3v) is 5.15. The number of carbonyl (C=O) groups excluding carboxylic acids is 3. The monoisotopic (exact) mass is 417 g/mol. The molecular formula is C19H23N5O4S. The minimum atomic E-state index is -0.514. The van der Waals surface area contributed by atoms with Crippen molar-refractivity contribution in [3.8, 4) is 0 Å². The number of fused-ring (bicyclic) bond motifs is 1. The van der Waals surface area contributed by atoms with Crippen molar-refractivity contribution in [1.82, 2.24) is 9.88 Å². The van der Waals surface area contributed by atoms with E-state index in [-0.39, 0.29) is 18.4 Å². The summed E-state index contributed by atoms with van der Waals surface area (Å²) in [6.07, 6.45) is 0.203. The Labute approximate surface area is 172 Å². The number of benzene rings is 1. The van der Waals surface area contributed by atoms with Gasteiger partial charge in [-0.1, -0.05) is 11.3 Å². The number of amides is 3. The smallest absolute Gasteiger partial charge is 0.413 e. The molecule has 29 heavy (non-hydrogen) atoms. The fourth-order valence-corrected chi connectivity index (χ4v) is 3.97. The number of ether oxygens (including phenoxy) is 1. The topological polar surface area (TPSA) is 113 Å². The number of anilines is 3. The summed E-state index contributed by atoms with van der Waals surface area (Å²) in [4.78, 5) is 42.5. The molecule has 0 radical (unpaired) electrons. The van der Waals surface area contributed by atoms with Crippen LogP contribution in [0, 0.1) is 0 Å². The number of hydrogen-bond acceptors (Lipinski definition) is 7. The molecule has 2 heterocycles. The zero-order valence-electron chi connectivity index (χ0n) is 16.3. The number of rotatable bonds is 6. The maximum Gasteiger partial charge on any atom is 0.413 e. The Morgan fingerprint density at radius 3 is 2.48 bits per heavy atom. The van der Waals surface area contributed by atoms with Gasteiger partial charge in [0.15, 0.2) is 5.13 Å². The van der Waals surface area contributed by atoms with Crippen molar-refractivity contribution in [2.75, 3.05) is 35.6 Å². The van der Waals surface area contributed by atoms with Crippen LogP contribution in [-0.4, -0.2) is 47.5 Å². The van der Waals surface area contributed by atoms with Gasteiger partial charge < -0.3 is 15.4 Å². The molecule has 0 aliphatic carbocycles. The Hall–Kier alpha value is -2.98. The molecule has 1 aliphatic rings. The second kappa shape index (κ2) is 9.48. The first-order chi connectivity index (χ1) is 13.9. The molecule has 10 heteroatoms. The van der Waals surface area contributed by atoms with Crippen LogP contribution in [0.3, 0.4) is 0 Å². The Morgan fingerprint density at radius 1 is 1.14 bits per heavy atom. The van der Waals surface area contributed by atoms with E-state index >= 15 is 0 Å². The van der Waals surface area contributed by atoms with Crippen LogP contribution in [0.25, 0.3) is 0 Å². The Bertz CT molecular complexity index is 897. The summed E-state index contributed by atoms with van der Waals surface area (Å²) in [6, 6.07) is 6.96. The molecular weight excluding hydrogens is 394 g/mol. The van der Waals surface area contributed by atoms with Crippen molar-refractivity contribution < 1.29 is 19.1 Å². The summed E-state index contributed by atoms with van der Waals surface area (Å²) >= 11 is 1.40. The predicted molar refractivity (Wildman–Crippen MR) is 111 cm³/mol. The van der Waals surface area contributed by atoms with Gasteiger partial charge in [0.2, 0.25) is 11.8 Å². The third-order valence-electron chi connectivity index (χ3n) is 4.15. The highest BCUT2D eigenvalue weighted by Gasteiger charge is 2.23. The molecule has 0 spiro atoms. The molecule has 3 amide bonds. The molecule has 0 atom stereocenters. The molecule has 0 unspecified atom stereocenters. The first-order valence-corrected chi connectivity index (χ1v) is 10.1. The first kappa shape index (κ1) is 20.7. The number of thiazole rings is 1. The highest BCUT2D eigenvalue weighted by Crippen LogP contribution is 2.28. The van der Waals surface area contributed by atoms with Crippen LogP contribution in [0.2, 0.25) is 0 Å². The highest BCUT2D eigenvalue weighted by atomic mass is 32.1. The van der Waals surface area contributed by atoms with Gasteiger partial charge in [-0.05, 0) is 31.2 Å². The molecule has 3 N–H and O–H groups in total. The SMILES string of the molecule is CCOC(=O)Nc1nc2c(s1)CN(CC(=O)Nc1ccc(NC(C)=O)cc1)CC2. The van der Waals surface area contributed by atoms with Crippen LogP contribution in [-0.2, 0) is 27.3 Å². The van der Waals surface area contributed by atoms with Crippen molar-refractivity contribution in [3.05, 3.63) is 34.8 Å². The zero-order chi connectivity index (χ0) is 20.8. The molecule has 3 rings (SSSR count). The van der Waals surface area contributed by atoms with Crippen LogP contribution in [0.5, 0.6) is 0 Å². The molecule has 2 aromatic rings. The van der Waals surface area contributed by atoms with Crippen LogP contribution < -0.4 is 16.0 Å². The third kappa shape index (κ3) is 6.00. The largest absolute Gasteiger partial charge is 0.450 e. The Balaban J connectivity index is 1.51. The van der Waals surface area contributed by atoms with Crippen LogP contribution >= 0.6 is 11.3 Å². The average molecular weight is 417 g/mol. The standard InChI is InChI=1S/C19H23N5O4S/c1-3-28-19(27)23-18-22-15-8-9-24(10-16(15)29-18)11-17(26)21-14-6-4-13(5-7-14)20-12(2)25/h4-7H,3,8-11H2,1-2H3,(H,20,25)(H,21,26)(H,22,23,27). The first-order valence-electron chi connectivity index (χ1n) is 9.25. The van der Waals surface area contributed by atoms with Crippen molar-refractivity contribution >= 4 is 45.8 Å². The maximum absolute atomic E-state index is 12.4. The van der Waals surface area contributed by atoms with E-state index in [0.29, 0.717) is 36.2 Å².